The summed E-state index contributed by atoms with van der Waals surface area (Å²) >= 11 is 0. The lowest BCUT2D eigenvalue weighted by molar-refractivity contribution is -0.286. The van der Waals surface area contributed by atoms with Crippen LogP contribution in [0.3, 0.4) is 0 Å². The molecule has 1 saturated heterocycles. The summed E-state index contributed by atoms with van der Waals surface area (Å²) in [5, 5.41) is 3.48. The van der Waals surface area contributed by atoms with Crippen LogP contribution in [0.1, 0.15) is 56.0 Å². The molecule has 3 aliphatic heterocycles. The van der Waals surface area contributed by atoms with Crippen molar-refractivity contribution in [1.29, 1.82) is 0 Å². The first-order chi connectivity index (χ1) is 17.5. The summed E-state index contributed by atoms with van der Waals surface area (Å²) < 4.78 is 77.3. The van der Waals surface area contributed by atoms with Crippen molar-refractivity contribution < 1.29 is 31.4 Å². The highest BCUT2D eigenvalue weighted by atomic mass is 19.4. The number of fused-ring (bicyclic) bond motifs is 2. The predicted molar refractivity (Wildman–Crippen MR) is 128 cm³/mol. The molecule has 0 unspecified atom stereocenters. The van der Waals surface area contributed by atoms with Crippen molar-refractivity contribution in [2.45, 2.75) is 70.1 Å². The third-order valence-corrected chi connectivity index (χ3v) is 7.27. The van der Waals surface area contributed by atoms with Gasteiger partial charge in [-0.3, -0.25) is 9.88 Å². The molecule has 11 heteroatoms. The molecule has 6 nitrogen and oxygen atoms in total. The molecule has 202 valence electrons. The first-order valence-electron chi connectivity index (χ1n) is 12.7. The van der Waals surface area contributed by atoms with E-state index in [1.165, 1.54) is 17.0 Å². The van der Waals surface area contributed by atoms with Gasteiger partial charge < -0.3 is 19.7 Å². The van der Waals surface area contributed by atoms with Crippen LogP contribution in [-0.4, -0.2) is 65.5 Å². The van der Waals surface area contributed by atoms with Gasteiger partial charge in [0.1, 0.15) is 0 Å². The number of nitrogens with zero attached hydrogens (tertiary/aromatic N) is 3. The Labute approximate surface area is 212 Å². The number of ether oxygens (including phenoxy) is 2. The van der Waals surface area contributed by atoms with Crippen molar-refractivity contribution in [3.8, 4) is 11.5 Å². The van der Waals surface area contributed by atoms with Crippen LogP contribution in [0.25, 0.3) is 0 Å². The molecule has 0 bridgehead atoms. The normalized spacial score (nSPS) is 25.3. The van der Waals surface area contributed by atoms with Gasteiger partial charge in [-0.25, -0.2) is 0 Å². The molecular weight excluding hydrogens is 495 g/mol. The summed E-state index contributed by atoms with van der Waals surface area (Å²) in [7, 11) is 0. The second-order valence-electron chi connectivity index (χ2n) is 10.2. The maximum absolute atomic E-state index is 13.7. The summed E-state index contributed by atoms with van der Waals surface area (Å²) in [4.78, 5) is 8.29. The van der Waals surface area contributed by atoms with E-state index in [4.69, 9.17) is 0 Å². The summed E-state index contributed by atoms with van der Waals surface area (Å²) in [6.07, 6.45) is -3.04. The minimum absolute atomic E-state index is 0.115. The second-order valence-corrected chi connectivity index (χ2v) is 10.2. The Morgan fingerprint density at radius 2 is 1.92 bits per heavy atom. The maximum atomic E-state index is 13.7. The fourth-order valence-corrected chi connectivity index (χ4v) is 5.56. The predicted octanol–water partition coefficient (Wildman–Crippen LogP) is 5.59. The minimum Gasteiger partial charge on any atom is -0.395 e. The molecule has 3 aliphatic rings. The lowest BCUT2D eigenvalue weighted by Crippen LogP contribution is -2.47. The number of unbranched alkanes of at least 4 members (excludes halogenated alkanes) is 1. The number of hydrogen-bond donors (Lipinski definition) is 1. The van der Waals surface area contributed by atoms with Gasteiger partial charge in [-0.05, 0) is 68.1 Å². The van der Waals surface area contributed by atoms with E-state index in [1.807, 2.05) is 6.07 Å². The second kappa shape index (κ2) is 9.90. The summed E-state index contributed by atoms with van der Waals surface area (Å²) in [5.74, 6) is -0.307. The summed E-state index contributed by atoms with van der Waals surface area (Å²) in [6, 6.07) is 5.23. The molecule has 1 aromatic carbocycles. The highest BCUT2D eigenvalue weighted by molar-refractivity contribution is 5.53. The lowest BCUT2D eigenvalue weighted by Gasteiger charge is -2.42. The maximum Gasteiger partial charge on any atom is 0.586 e. The molecule has 0 amide bonds. The lowest BCUT2D eigenvalue weighted by atomic mass is 9.86. The molecule has 37 heavy (non-hydrogen) atoms. The molecule has 1 N–H and O–H groups in total. The summed E-state index contributed by atoms with van der Waals surface area (Å²) in [6.45, 7) is 5.75. The van der Waals surface area contributed by atoms with Crippen LogP contribution in [0, 0.1) is 0 Å². The van der Waals surface area contributed by atoms with E-state index in [9.17, 15) is 22.0 Å². The first kappa shape index (κ1) is 26.0. The number of benzene rings is 1. The van der Waals surface area contributed by atoms with Gasteiger partial charge in [-0.2, -0.15) is 13.2 Å². The van der Waals surface area contributed by atoms with E-state index in [2.05, 4.69) is 31.6 Å². The number of likely N-dealkylation sites (tertiary alicyclic amines) is 1. The van der Waals surface area contributed by atoms with Crippen molar-refractivity contribution in [3.05, 3.63) is 47.3 Å². The number of anilines is 1. The highest BCUT2D eigenvalue weighted by Crippen LogP contribution is 2.48. The first-order valence-corrected chi connectivity index (χ1v) is 12.7. The molecule has 5 rings (SSSR count). The molecule has 1 aromatic heterocycles. The van der Waals surface area contributed by atoms with Crippen molar-refractivity contribution in [1.82, 2.24) is 14.8 Å². The average molecular weight is 527 g/mol. The van der Waals surface area contributed by atoms with Crippen LogP contribution >= 0.6 is 0 Å². The van der Waals surface area contributed by atoms with Crippen LogP contribution in [0.4, 0.5) is 27.6 Å². The fraction of sp³-hybridized carbons (Fsp3) is 0.577. The van der Waals surface area contributed by atoms with Gasteiger partial charge in [0.25, 0.3) is 0 Å². The Kier molecular flexibility index (Phi) is 6.95. The van der Waals surface area contributed by atoms with Crippen molar-refractivity contribution >= 4 is 5.69 Å². The van der Waals surface area contributed by atoms with Crippen LogP contribution in [0.5, 0.6) is 11.5 Å². The third-order valence-electron chi connectivity index (χ3n) is 7.27. The smallest absolute Gasteiger partial charge is 0.395 e. The van der Waals surface area contributed by atoms with Gasteiger partial charge in [0.05, 0.1) is 30.2 Å². The van der Waals surface area contributed by atoms with E-state index in [0.717, 1.165) is 44.6 Å². The van der Waals surface area contributed by atoms with E-state index in [1.54, 1.807) is 19.2 Å². The molecule has 0 radical (unpaired) electrons. The Morgan fingerprint density at radius 1 is 1.16 bits per heavy atom. The number of nitrogens with one attached hydrogen (secondary N) is 1. The Hall–Kier alpha value is -2.66. The molecular formula is C26H31F5N4O2. The van der Waals surface area contributed by atoms with Crippen LogP contribution in [0.2, 0.25) is 0 Å². The molecule has 2 aromatic rings. The monoisotopic (exact) mass is 526 g/mol. The standard InChI is InChI=1S/C26H31F5N4O2/c1-3-4-8-34-9-7-19(14-34)33-18-5-6-21(32-13-18)24-20-12-23-22(36-26(30,31)37-23)11-17(20)10-16(2)35(24)15-25(27,28)29/h5-6,11-13,16,19,24,33H,3-4,7-10,14-15H2,1-2H3/t16-,19+,24+/m1/s1. The van der Waals surface area contributed by atoms with Gasteiger partial charge in [0.2, 0.25) is 0 Å². The average Bonchev–Trinajstić information content (AvgIpc) is 3.38. The van der Waals surface area contributed by atoms with Gasteiger partial charge in [-0.1, -0.05) is 13.3 Å². The zero-order valence-corrected chi connectivity index (χ0v) is 20.8. The molecule has 1 fully saturated rings. The van der Waals surface area contributed by atoms with Gasteiger partial charge >= 0.3 is 12.5 Å². The van der Waals surface area contributed by atoms with Crippen LogP contribution < -0.4 is 14.8 Å². The largest absolute Gasteiger partial charge is 0.586 e. The Balaban J connectivity index is 1.41. The van der Waals surface area contributed by atoms with Crippen molar-refractivity contribution in [2.75, 3.05) is 31.5 Å². The van der Waals surface area contributed by atoms with E-state index < -0.39 is 31.1 Å². The molecule has 4 heterocycles. The van der Waals surface area contributed by atoms with E-state index >= 15 is 0 Å². The van der Waals surface area contributed by atoms with Crippen molar-refractivity contribution in [3.63, 3.8) is 0 Å². The zero-order valence-electron chi connectivity index (χ0n) is 20.8. The number of rotatable bonds is 7. The fourth-order valence-electron chi connectivity index (χ4n) is 5.56. The Morgan fingerprint density at radius 3 is 2.59 bits per heavy atom. The Bertz CT molecular complexity index is 1110. The topological polar surface area (TPSA) is 49.9 Å². The number of halogens is 5. The van der Waals surface area contributed by atoms with Gasteiger partial charge in [0.15, 0.2) is 11.5 Å². The third kappa shape index (κ3) is 5.77. The highest BCUT2D eigenvalue weighted by Gasteiger charge is 2.46. The van der Waals surface area contributed by atoms with Crippen molar-refractivity contribution in [2.24, 2.45) is 0 Å². The van der Waals surface area contributed by atoms with E-state index in [0.29, 0.717) is 16.8 Å². The minimum atomic E-state index is -4.44. The van der Waals surface area contributed by atoms with Crippen LogP contribution in [-0.2, 0) is 6.42 Å². The molecule has 0 saturated carbocycles. The molecule has 0 spiro atoms. The molecule has 0 aliphatic carbocycles. The SMILES string of the molecule is CCCCN1CC[C@H](Nc2ccc([C@@H]3c4cc5c(cc4C[C@@H](C)N3CC(F)(F)F)OC(F)(F)O5)nc2)C1. The zero-order chi connectivity index (χ0) is 26.4. The van der Waals surface area contributed by atoms with Gasteiger partial charge in [-0.15, -0.1) is 8.78 Å². The quantitative estimate of drug-likeness (QED) is 0.475. The number of aromatic nitrogens is 1. The summed E-state index contributed by atoms with van der Waals surface area (Å²) in [5.41, 5.74) is 2.29. The van der Waals surface area contributed by atoms with E-state index in [-0.39, 0.29) is 24.0 Å². The number of pyridine rings is 1. The van der Waals surface area contributed by atoms with Crippen LogP contribution in [0.15, 0.2) is 30.5 Å². The number of hydrogen-bond acceptors (Lipinski definition) is 6. The number of alkyl halides is 5. The van der Waals surface area contributed by atoms with Gasteiger partial charge in [0, 0.05) is 25.2 Å². The molecule has 3 atom stereocenters.